The van der Waals surface area contributed by atoms with Crippen LogP contribution < -0.4 is 0 Å². The second-order valence-corrected chi connectivity index (χ2v) is 8.33. The Bertz CT molecular complexity index is 1300. The molecule has 0 saturated carbocycles. The van der Waals surface area contributed by atoms with Crippen molar-refractivity contribution in [3.63, 3.8) is 0 Å². The lowest BCUT2D eigenvalue weighted by Crippen LogP contribution is -2.28. The number of amidine groups is 1. The predicted molar refractivity (Wildman–Crippen MR) is 130 cm³/mol. The van der Waals surface area contributed by atoms with E-state index in [4.69, 9.17) is 0 Å². The number of thioether (sulfide) groups is 1. The minimum Gasteiger partial charge on any atom is -0.478 e. The van der Waals surface area contributed by atoms with Crippen molar-refractivity contribution in [1.29, 1.82) is 0 Å². The van der Waals surface area contributed by atoms with E-state index in [0.717, 1.165) is 22.2 Å². The summed E-state index contributed by atoms with van der Waals surface area (Å²) in [5.74, 6) is -1.12. The van der Waals surface area contributed by atoms with Crippen molar-refractivity contribution in [1.82, 2.24) is 9.47 Å². The van der Waals surface area contributed by atoms with Gasteiger partial charge in [-0.1, -0.05) is 30.3 Å². The molecule has 4 rings (SSSR count). The number of para-hydroxylation sites is 1. The van der Waals surface area contributed by atoms with Crippen molar-refractivity contribution >= 4 is 51.5 Å². The largest absolute Gasteiger partial charge is 0.478 e. The number of carboxylic acid groups (broad SMARTS) is 1. The molecule has 1 aromatic heterocycles. The molecule has 2 heterocycles. The minimum absolute atomic E-state index is 0.106. The summed E-state index contributed by atoms with van der Waals surface area (Å²) in [6.45, 7) is 8.96. The summed E-state index contributed by atoms with van der Waals surface area (Å²) in [6, 6.07) is 14.5. The SMILES string of the molecule is C=CCn1c(C)c(C=C2SC(=Nc3cccc(C(=O)O)c3)N(CC)C2=O)c2ccccc21. The van der Waals surface area contributed by atoms with E-state index in [-0.39, 0.29) is 11.5 Å². The first-order valence-electron chi connectivity index (χ1n) is 10.3. The smallest absolute Gasteiger partial charge is 0.335 e. The molecule has 0 aliphatic carbocycles. The molecule has 1 aliphatic heterocycles. The van der Waals surface area contributed by atoms with Crippen molar-refractivity contribution in [3.8, 4) is 0 Å². The Labute approximate surface area is 190 Å². The predicted octanol–water partition coefficient (Wildman–Crippen LogP) is 5.46. The number of aliphatic imine (C=N–C) groups is 1. The first-order chi connectivity index (χ1) is 15.4. The summed E-state index contributed by atoms with van der Waals surface area (Å²) >= 11 is 1.31. The molecule has 1 saturated heterocycles. The summed E-state index contributed by atoms with van der Waals surface area (Å²) in [6.07, 6.45) is 3.80. The Morgan fingerprint density at radius 1 is 1.22 bits per heavy atom. The molecule has 6 nitrogen and oxygen atoms in total. The number of likely N-dealkylation sites (N-methyl/N-ethyl adjacent to an activating group) is 1. The summed E-state index contributed by atoms with van der Waals surface area (Å²) in [4.78, 5) is 31.2. The third-order valence-corrected chi connectivity index (χ3v) is 6.40. The molecule has 0 atom stereocenters. The molecular formula is C25H23N3O3S. The van der Waals surface area contributed by atoms with E-state index >= 15 is 0 Å². The quantitative estimate of drug-likeness (QED) is 0.404. The Balaban J connectivity index is 1.77. The average molecular weight is 446 g/mol. The number of carbonyl (C=O) groups excluding carboxylic acids is 1. The highest BCUT2D eigenvalue weighted by molar-refractivity contribution is 8.18. The van der Waals surface area contributed by atoms with Crippen LogP contribution in [0.15, 0.2) is 71.1 Å². The first kappa shape index (κ1) is 21.6. The van der Waals surface area contributed by atoms with Gasteiger partial charge in [0, 0.05) is 35.2 Å². The first-order valence-corrected chi connectivity index (χ1v) is 11.1. The van der Waals surface area contributed by atoms with Crippen LogP contribution in [0.25, 0.3) is 17.0 Å². The summed E-state index contributed by atoms with van der Waals surface area (Å²) in [5.41, 5.74) is 3.82. The van der Waals surface area contributed by atoms with Gasteiger partial charge in [-0.25, -0.2) is 9.79 Å². The van der Waals surface area contributed by atoms with E-state index in [0.29, 0.717) is 28.8 Å². The molecule has 1 amide bonds. The van der Waals surface area contributed by atoms with Gasteiger partial charge in [0.05, 0.1) is 16.2 Å². The van der Waals surface area contributed by atoms with Gasteiger partial charge in [0.25, 0.3) is 5.91 Å². The zero-order valence-corrected chi connectivity index (χ0v) is 18.7. The van der Waals surface area contributed by atoms with Crippen molar-refractivity contribution in [2.45, 2.75) is 20.4 Å². The number of rotatable bonds is 6. The number of amides is 1. The number of hydrogen-bond acceptors (Lipinski definition) is 4. The zero-order valence-electron chi connectivity index (χ0n) is 17.9. The van der Waals surface area contributed by atoms with Crippen molar-refractivity contribution in [3.05, 3.63) is 82.9 Å². The highest BCUT2D eigenvalue weighted by atomic mass is 32.2. The minimum atomic E-state index is -1.01. The van der Waals surface area contributed by atoms with Crippen LogP contribution in [0, 0.1) is 6.92 Å². The number of benzene rings is 2. The van der Waals surface area contributed by atoms with Crippen molar-refractivity contribution in [2.75, 3.05) is 6.54 Å². The third-order valence-electron chi connectivity index (χ3n) is 5.39. The molecule has 1 N–H and O–H groups in total. The lowest BCUT2D eigenvalue weighted by Gasteiger charge is -2.12. The fourth-order valence-electron chi connectivity index (χ4n) is 3.82. The van der Waals surface area contributed by atoms with Gasteiger partial charge >= 0.3 is 5.97 Å². The Morgan fingerprint density at radius 2 is 2.00 bits per heavy atom. The van der Waals surface area contributed by atoms with Gasteiger partial charge < -0.3 is 9.67 Å². The van der Waals surface area contributed by atoms with Gasteiger partial charge in [0.2, 0.25) is 0 Å². The average Bonchev–Trinajstić information content (AvgIpc) is 3.22. The van der Waals surface area contributed by atoms with E-state index in [1.165, 1.54) is 23.9 Å². The third kappa shape index (κ3) is 3.87. The van der Waals surface area contributed by atoms with Gasteiger partial charge in [0.1, 0.15) is 0 Å². The molecule has 3 aromatic rings. The van der Waals surface area contributed by atoms with Gasteiger partial charge in [-0.3, -0.25) is 9.69 Å². The molecule has 0 spiro atoms. The van der Waals surface area contributed by atoms with E-state index in [9.17, 15) is 14.7 Å². The molecule has 1 fully saturated rings. The summed E-state index contributed by atoms with van der Waals surface area (Å²) in [7, 11) is 0. The topological polar surface area (TPSA) is 74.9 Å². The standard InChI is InChI=1S/C25H23N3O3S/c1-4-13-28-16(3)20(19-11-6-7-12-21(19)28)15-22-23(29)27(5-2)25(32-22)26-18-10-8-9-17(14-18)24(30)31/h4,6-12,14-15H,1,5,13H2,2-3H3,(H,30,31). The number of carboxylic acids is 1. The zero-order chi connectivity index (χ0) is 22.8. The summed E-state index contributed by atoms with van der Waals surface area (Å²) in [5, 5.41) is 10.9. The highest BCUT2D eigenvalue weighted by Crippen LogP contribution is 2.36. The number of aromatic nitrogens is 1. The van der Waals surface area contributed by atoms with Crippen LogP contribution in [-0.4, -0.2) is 38.2 Å². The molecule has 0 bridgehead atoms. The van der Waals surface area contributed by atoms with Gasteiger partial charge in [-0.15, -0.1) is 6.58 Å². The number of allylic oxidation sites excluding steroid dienone is 1. The van der Waals surface area contributed by atoms with Crippen LogP contribution in [0.4, 0.5) is 5.69 Å². The van der Waals surface area contributed by atoms with Crippen LogP contribution in [0.5, 0.6) is 0 Å². The highest BCUT2D eigenvalue weighted by Gasteiger charge is 2.32. The second kappa shape index (κ2) is 8.88. The van der Waals surface area contributed by atoms with Gasteiger partial charge in [-0.2, -0.15) is 0 Å². The number of aromatic carboxylic acids is 1. The molecule has 7 heteroatoms. The lowest BCUT2D eigenvalue weighted by atomic mass is 10.1. The van der Waals surface area contributed by atoms with Crippen LogP contribution in [0.2, 0.25) is 0 Å². The maximum absolute atomic E-state index is 13.1. The van der Waals surface area contributed by atoms with Gasteiger partial charge in [-0.05, 0) is 56.0 Å². The van der Waals surface area contributed by atoms with E-state index in [2.05, 4.69) is 28.3 Å². The molecule has 0 unspecified atom stereocenters. The van der Waals surface area contributed by atoms with Crippen LogP contribution >= 0.6 is 11.8 Å². The molecule has 1 aliphatic rings. The molecule has 0 radical (unpaired) electrons. The van der Waals surface area contributed by atoms with Gasteiger partial charge in [0.15, 0.2) is 5.17 Å². The Hall–Kier alpha value is -3.58. The molecule has 2 aromatic carbocycles. The molecule has 32 heavy (non-hydrogen) atoms. The summed E-state index contributed by atoms with van der Waals surface area (Å²) < 4.78 is 2.18. The number of fused-ring (bicyclic) bond motifs is 1. The Morgan fingerprint density at radius 3 is 2.72 bits per heavy atom. The maximum Gasteiger partial charge on any atom is 0.335 e. The fourth-order valence-corrected chi connectivity index (χ4v) is 4.87. The second-order valence-electron chi connectivity index (χ2n) is 7.33. The Kier molecular flexibility index (Phi) is 6.01. The van der Waals surface area contributed by atoms with E-state index < -0.39 is 5.97 Å². The normalized spacial score (nSPS) is 16.4. The molecule has 162 valence electrons. The van der Waals surface area contributed by atoms with Crippen LogP contribution in [0.1, 0.15) is 28.5 Å². The number of nitrogens with zero attached hydrogens (tertiary/aromatic N) is 3. The maximum atomic E-state index is 13.1. The van der Waals surface area contributed by atoms with Crippen molar-refractivity contribution < 1.29 is 14.7 Å². The van der Waals surface area contributed by atoms with Crippen LogP contribution in [0.3, 0.4) is 0 Å². The van der Waals surface area contributed by atoms with Crippen LogP contribution in [-0.2, 0) is 11.3 Å². The fraction of sp³-hybridized carbons (Fsp3) is 0.160. The monoisotopic (exact) mass is 445 g/mol. The lowest BCUT2D eigenvalue weighted by molar-refractivity contribution is -0.122. The number of hydrogen-bond donors (Lipinski definition) is 1. The van der Waals surface area contributed by atoms with E-state index in [1.807, 2.05) is 38.1 Å². The van der Waals surface area contributed by atoms with Crippen molar-refractivity contribution in [2.24, 2.45) is 4.99 Å². The molecular weight excluding hydrogens is 422 g/mol. The number of carbonyl (C=O) groups is 2. The van der Waals surface area contributed by atoms with E-state index in [1.54, 1.807) is 17.0 Å².